The number of amides is 2. The average molecular weight is 269 g/mol. The van der Waals surface area contributed by atoms with Gasteiger partial charge in [-0.1, -0.05) is 0 Å². The molecule has 0 bridgehead atoms. The van der Waals surface area contributed by atoms with E-state index < -0.39 is 12.0 Å². The maximum absolute atomic E-state index is 12.5. The van der Waals surface area contributed by atoms with Gasteiger partial charge in [0.05, 0.1) is 12.6 Å². The maximum Gasteiger partial charge on any atom is 0.252 e. The van der Waals surface area contributed by atoms with E-state index in [2.05, 4.69) is 5.32 Å². The van der Waals surface area contributed by atoms with Crippen molar-refractivity contribution in [3.05, 3.63) is 0 Å². The lowest BCUT2D eigenvalue weighted by Crippen LogP contribution is -2.52. The first-order chi connectivity index (χ1) is 9.08. The fourth-order valence-corrected chi connectivity index (χ4v) is 2.84. The summed E-state index contributed by atoms with van der Waals surface area (Å²) >= 11 is 0. The van der Waals surface area contributed by atoms with E-state index >= 15 is 0 Å². The van der Waals surface area contributed by atoms with Gasteiger partial charge in [0.2, 0.25) is 5.91 Å². The van der Waals surface area contributed by atoms with Crippen LogP contribution in [0.1, 0.15) is 32.6 Å². The van der Waals surface area contributed by atoms with Crippen molar-refractivity contribution in [3.63, 3.8) is 0 Å². The van der Waals surface area contributed by atoms with Crippen LogP contribution in [-0.2, 0) is 14.3 Å². The molecule has 6 heteroatoms. The highest BCUT2D eigenvalue weighted by Crippen LogP contribution is 2.23. The van der Waals surface area contributed by atoms with Crippen LogP contribution in [0.5, 0.6) is 0 Å². The van der Waals surface area contributed by atoms with Gasteiger partial charge in [-0.3, -0.25) is 9.59 Å². The minimum absolute atomic E-state index is 0.00224. The van der Waals surface area contributed by atoms with Crippen molar-refractivity contribution in [2.75, 3.05) is 19.6 Å². The first-order valence-corrected chi connectivity index (χ1v) is 7.03. The molecule has 19 heavy (non-hydrogen) atoms. The van der Waals surface area contributed by atoms with Gasteiger partial charge < -0.3 is 20.7 Å². The summed E-state index contributed by atoms with van der Waals surface area (Å²) in [6, 6.07) is 0.0979. The van der Waals surface area contributed by atoms with Crippen LogP contribution in [0.4, 0.5) is 0 Å². The van der Waals surface area contributed by atoms with Gasteiger partial charge in [-0.2, -0.15) is 0 Å². The third-order valence-corrected chi connectivity index (χ3v) is 3.87. The van der Waals surface area contributed by atoms with Gasteiger partial charge in [-0.05, 0) is 45.7 Å². The van der Waals surface area contributed by atoms with Crippen molar-refractivity contribution in [1.82, 2.24) is 10.2 Å². The molecule has 2 unspecified atom stereocenters. The molecule has 0 spiro atoms. The summed E-state index contributed by atoms with van der Waals surface area (Å²) in [4.78, 5) is 25.3. The zero-order valence-corrected chi connectivity index (χ0v) is 11.4. The Balaban J connectivity index is 2.03. The third-order valence-electron chi connectivity index (χ3n) is 3.87. The summed E-state index contributed by atoms with van der Waals surface area (Å²) in [6.07, 6.45) is 3.08. The second-order valence-corrected chi connectivity index (χ2v) is 5.43. The van der Waals surface area contributed by atoms with Crippen LogP contribution in [0, 0.1) is 0 Å². The number of piperidine rings is 1. The van der Waals surface area contributed by atoms with Crippen molar-refractivity contribution in [2.45, 2.75) is 50.9 Å². The molecule has 0 saturated carbocycles. The molecule has 2 aliphatic heterocycles. The molecule has 108 valence electrons. The molecule has 2 amide bonds. The molecule has 2 saturated heterocycles. The largest absolute Gasteiger partial charge is 0.368 e. The molecule has 2 rings (SSSR count). The normalized spacial score (nSPS) is 28.3. The van der Waals surface area contributed by atoms with Crippen LogP contribution in [0.2, 0.25) is 0 Å². The first kappa shape index (κ1) is 14.3. The predicted molar refractivity (Wildman–Crippen MR) is 70.4 cm³/mol. The Hall–Kier alpha value is -1.14. The van der Waals surface area contributed by atoms with Gasteiger partial charge in [0.1, 0.15) is 6.10 Å². The second kappa shape index (κ2) is 6.34. The van der Waals surface area contributed by atoms with E-state index in [4.69, 9.17) is 10.5 Å². The third kappa shape index (κ3) is 3.67. The number of ether oxygens (including phenoxy) is 1. The summed E-state index contributed by atoms with van der Waals surface area (Å²) in [5, 5.41) is 3.25. The molecule has 2 atom stereocenters. The molecule has 2 aliphatic rings. The van der Waals surface area contributed by atoms with Crippen LogP contribution in [0.15, 0.2) is 0 Å². The van der Waals surface area contributed by atoms with E-state index in [9.17, 15) is 9.59 Å². The molecule has 6 nitrogen and oxygen atoms in total. The number of nitrogens with zero attached hydrogens (tertiary/aromatic N) is 1. The van der Waals surface area contributed by atoms with Crippen molar-refractivity contribution in [1.29, 1.82) is 0 Å². The monoisotopic (exact) mass is 269 g/mol. The second-order valence-electron chi connectivity index (χ2n) is 5.43. The van der Waals surface area contributed by atoms with Crippen LogP contribution in [0.25, 0.3) is 0 Å². The number of carbonyl (C=O) groups is 2. The fraction of sp³-hybridized carbons (Fsp3) is 0.846. The molecule has 0 radical (unpaired) electrons. The summed E-state index contributed by atoms with van der Waals surface area (Å²) < 4.78 is 5.62. The van der Waals surface area contributed by atoms with Gasteiger partial charge in [-0.15, -0.1) is 0 Å². The maximum atomic E-state index is 12.5. The standard InChI is InChI=1S/C13H23N3O3/c1-9-2-3-11(19-9)13(18)16(8-12(14)17)10-4-6-15-7-5-10/h9-11,15H,2-8H2,1H3,(H2,14,17). The highest BCUT2D eigenvalue weighted by Gasteiger charge is 2.35. The van der Waals surface area contributed by atoms with Crippen LogP contribution in [-0.4, -0.2) is 54.6 Å². The summed E-state index contributed by atoms with van der Waals surface area (Å²) in [6.45, 7) is 3.71. The zero-order chi connectivity index (χ0) is 13.8. The number of carbonyl (C=O) groups excluding carboxylic acids is 2. The first-order valence-electron chi connectivity index (χ1n) is 7.03. The van der Waals surface area contributed by atoms with E-state index in [1.165, 1.54) is 0 Å². The molecule has 0 aliphatic carbocycles. The number of nitrogens with two attached hydrogens (primary N) is 1. The average Bonchev–Trinajstić information content (AvgIpc) is 2.83. The summed E-state index contributed by atoms with van der Waals surface area (Å²) in [5.74, 6) is -0.534. The van der Waals surface area contributed by atoms with Crippen molar-refractivity contribution in [3.8, 4) is 0 Å². The van der Waals surface area contributed by atoms with Crippen molar-refractivity contribution < 1.29 is 14.3 Å². The fourth-order valence-electron chi connectivity index (χ4n) is 2.84. The van der Waals surface area contributed by atoms with Crippen molar-refractivity contribution >= 4 is 11.8 Å². The molecular weight excluding hydrogens is 246 g/mol. The van der Waals surface area contributed by atoms with Crippen LogP contribution >= 0.6 is 0 Å². The Labute approximate surface area is 113 Å². The molecule has 0 aromatic heterocycles. The highest BCUT2D eigenvalue weighted by molar-refractivity contribution is 5.86. The van der Waals surface area contributed by atoms with E-state index in [-0.39, 0.29) is 24.6 Å². The molecular formula is C13H23N3O3. The highest BCUT2D eigenvalue weighted by atomic mass is 16.5. The van der Waals surface area contributed by atoms with E-state index in [0.717, 1.165) is 38.8 Å². The smallest absolute Gasteiger partial charge is 0.252 e. The Morgan fingerprint density at radius 2 is 1.95 bits per heavy atom. The van der Waals surface area contributed by atoms with Gasteiger partial charge in [-0.25, -0.2) is 0 Å². The number of nitrogens with one attached hydrogen (secondary N) is 1. The lowest BCUT2D eigenvalue weighted by atomic mass is 10.0. The Morgan fingerprint density at radius 1 is 1.26 bits per heavy atom. The van der Waals surface area contributed by atoms with Crippen LogP contribution < -0.4 is 11.1 Å². The lowest BCUT2D eigenvalue weighted by molar-refractivity contribution is -0.148. The quantitative estimate of drug-likeness (QED) is 0.728. The van der Waals surface area contributed by atoms with Gasteiger partial charge in [0.15, 0.2) is 0 Å². The topological polar surface area (TPSA) is 84.7 Å². The molecule has 0 aromatic rings. The number of hydrogen-bond donors (Lipinski definition) is 2. The number of primary amides is 1. The van der Waals surface area contributed by atoms with Gasteiger partial charge in [0.25, 0.3) is 5.91 Å². The minimum Gasteiger partial charge on any atom is -0.368 e. The minimum atomic E-state index is -0.460. The van der Waals surface area contributed by atoms with Gasteiger partial charge in [0, 0.05) is 6.04 Å². The Morgan fingerprint density at radius 3 is 2.47 bits per heavy atom. The molecule has 2 heterocycles. The predicted octanol–water partition coefficient (Wildman–Crippen LogP) is -0.380. The number of rotatable bonds is 4. The van der Waals surface area contributed by atoms with E-state index in [1.54, 1.807) is 4.90 Å². The lowest BCUT2D eigenvalue weighted by Gasteiger charge is -2.35. The molecule has 3 N–H and O–H groups in total. The Bertz CT molecular complexity index is 342. The zero-order valence-electron chi connectivity index (χ0n) is 11.4. The molecule has 0 aromatic carbocycles. The summed E-state index contributed by atoms with van der Waals surface area (Å²) in [7, 11) is 0. The van der Waals surface area contributed by atoms with Crippen LogP contribution in [0.3, 0.4) is 0 Å². The number of hydrogen-bond acceptors (Lipinski definition) is 4. The SMILES string of the molecule is CC1CCC(C(=O)N(CC(N)=O)C2CCNCC2)O1. The molecule has 2 fully saturated rings. The summed E-state index contributed by atoms with van der Waals surface area (Å²) in [5.41, 5.74) is 5.27. The van der Waals surface area contributed by atoms with Gasteiger partial charge >= 0.3 is 0 Å². The van der Waals surface area contributed by atoms with Crippen molar-refractivity contribution in [2.24, 2.45) is 5.73 Å². The van der Waals surface area contributed by atoms with E-state index in [1.807, 2.05) is 6.92 Å². The Kier molecular flexibility index (Phi) is 4.76. The van der Waals surface area contributed by atoms with E-state index in [0.29, 0.717) is 0 Å².